The predicted octanol–water partition coefficient (Wildman–Crippen LogP) is 9.38. The van der Waals surface area contributed by atoms with E-state index in [1.807, 2.05) is 12.1 Å². The summed E-state index contributed by atoms with van der Waals surface area (Å²) in [5, 5.41) is 29.0. The molecular weight excluding hydrogens is 549 g/mol. The Morgan fingerprint density at radius 2 is 1.28 bits per heavy atom. The summed E-state index contributed by atoms with van der Waals surface area (Å²) in [5.74, 6) is 0. The van der Waals surface area contributed by atoms with Crippen molar-refractivity contribution >= 4 is 16.9 Å². The maximum atomic E-state index is 13.8. The highest BCUT2D eigenvalue weighted by Crippen LogP contribution is 2.51. The van der Waals surface area contributed by atoms with Crippen LogP contribution in [0, 0.1) is 60.6 Å². The Bertz CT molecular complexity index is 2180. The number of nitriles is 3. The normalized spacial score (nSPS) is 12.3. The van der Waals surface area contributed by atoms with Gasteiger partial charge in [0, 0.05) is 11.1 Å². The zero-order valence-corrected chi connectivity index (χ0v) is 22.1. The number of rotatable bonds is 2. The van der Waals surface area contributed by atoms with Crippen LogP contribution in [0.15, 0.2) is 66.4 Å². The lowest BCUT2D eigenvalue weighted by atomic mass is 9.91. The van der Waals surface area contributed by atoms with Gasteiger partial charge in [-0.3, -0.25) is 0 Å². The monoisotopic (exact) mass is 562 g/mol. The first-order valence-electron chi connectivity index (χ1n) is 12.4. The van der Waals surface area contributed by atoms with Crippen LogP contribution in [0.3, 0.4) is 0 Å². The summed E-state index contributed by atoms with van der Waals surface area (Å²) >= 11 is 0. The number of halogens is 3. The molecule has 0 unspecified atom stereocenters. The fraction of sp³-hybridized carbons (Fsp3) is 0.0588. The van der Waals surface area contributed by atoms with Crippen LogP contribution in [0.1, 0.15) is 33.4 Å². The van der Waals surface area contributed by atoms with E-state index in [0.717, 1.165) is 12.1 Å². The minimum atomic E-state index is -4.81. The molecule has 1 aliphatic rings. The van der Waals surface area contributed by atoms with Crippen LogP contribution in [0.4, 0.5) is 24.5 Å². The molecule has 0 aromatic heterocycles. The number of hydrogen-bond donors (Lipinski definition) is 0. The number of allylic oxidation sites excluding steroid dienone is 1. The van der Waals surface area contributed by atoms with E-state index in [1.54, 1.807) is 43.3 Å². The molecule has 0 saturated carbocycles. The van der Waals surface area contributed by atoms with E-state index in [4.69, 9.17) is 19.7 Å². The predicted molar refractivity (Wildman–Crippen MR) is 153 cm³/mol. The van der Waals surface area contributed by atoms with Gasteiger partial charge in [0.05, 0.1) is 54.6 Å². The Morgan fingerprint density at radius 1 is 0.674 bits per heavy atom. The third-order valence-electron chi connectivity index (χ3n) is 7.20. The van der Waals surface area contributed by atoms with Gasteiger partial charge < -0.3 is 0 Å². The van der Waals surface area contributed by atoms with Gasteiger partial charge in [-0.15, -0.1) is 0 Å². The van der Waals surface area contributed by atoms with Crippen LogP contribution < -0.4 is 0 Å². The zero-order chi connectivity index (χ0) is 31.1. The van der Waals surface area contributed by atoms with Gasteiger partial charge in [-0.1, -0.05) is 30.3 Å². The molecule has 0 N–H and O–H groups in total. The van der Waals surface area contributed by atoms with Crippen molar-refractivity contribution in [3.8, 4) is 51.6 Å². The van der Waals surface area contributed by atoms with Crippen molar-refractivity contribution in [1.82, 2.24) is 0 Å². The SMILES string of the molecule is [C-]#[N+]/C(C#N)=C1/c2cc(C#N)c(-c3ccc(C#N)c(C(F)(F)F)c3)cc2-c2cc(-c3ccc([N+]#[C-])c(C)c3)c([N+]#[C-])cc21. The standard InChI is InChI=1S/C34H13F3N6/c1-18-9-19(7-8-30(18)41-2)24-13-26-25-12-23(20-5-6-21(15-38)29(11-20)34(35,36)37)22(16-39)10-27(25)33(32(17-40)43-4)28(26)14-31(24)42-3/h5-14H,1H3/b33-32-. The molecule has 4 aromatic rings. The Labute approximate surface area is 244 Å². The maximum Gasteiger partial charge on any atom is 0.417 e. The molecule has 0 heterocycles. The van der Waals surface area contributed by atoms with Crippen molar-refractivity contribution in [3.63, 3.8) is 0 Å². The van der Waals surface area contributed by atoms with E-state index < -0.39 is 17.3 Å². The Kier molecular flexibility index (Phi) is 6.74. The lowest BCUT2D eigenvalue weighted by Gasteiger charge is -2.14. The van der Waals surface area contributed by atoms with E-state index in [0.29, 0.717) is 44.6 Å². The van der Waals surface area contributed by atoms with Gasteiger partial charge >= 0.3 is 6.18 Å². The van der Waals surface area contributed by atoms with Gasteiger partial charge in [0.1, 0.15) is 0 Å². The molecule has 0 radical (unpaired) electrons. The second-order valence-electron chi connectivity index (χ2n) is 9.51. The summed E-state index contributed by atoms with van der Waals surface area (Å²) < 4.78 is 41.3. The van der Waals surface area contributed by atoms with Crippen molar-refractivity contribution in [1.29, 1.82) is 15.8 Å². The maximum absolute atomic E-state index is 13.8. The lowest BCUT2D eigenvalue weighted by molar-refractivity contribution is -0.137. The highest BCUT2D eigenvalue weighted by molar-refractivity contribution is 6.07. The van der Waals surface area contributed by atoms with Crippen LogP contribution in [-0.2, 0) is 6.18 Å². The third kappa shape index (κ3) is 4.51. The number of alkyl halides is 3. The summed E-state index contributed by atoms with van der Waals surface area (Å²) in [6.07, 6.45) is -4.81. The van der Waals surface area contributed by atoms with Crippen LogP contribution in [-0.4, -0.2) is 0 Å². The minimum absolute atomic E-state index is 0.000132. The number of nitrogens with zero attached hydrogens (tertiary/aromatic N) is 6. The Hall–Kier alpha value is -6.65. The van der Waals surface area contributed by atoms with Gasteiger partial charge in [0.2, 0.25) is 0 Å². The smallest absolute Gasteiger partial charge is 0.238 e. The van der Waals surface area contributed by atoms with E-state index in [1.165, 1.54) is 18.2 Å². The first-order chi connectivity index (χ1) is 20.6. The fourth-order valence-corrected chi connectivity index (χ4v) is 5.23. The lowest BCUT2D eigenvalue weighted by Crippen LogP contribution is -2.08. The van der Waals surface area contributed by atoms with E-state index >= 15 is 0 Å². The summed E-state index contributed by atoms with van der Waals surface area (Å²) in [6, 6.07) is 20.0. The molecule has 4 aromatic carbocycles. The minimum Gasteiger partial charge on any atom is -0.238 e. The fourth-order valence-electron chi connectivity index (χ4n) is 5.23. The van der Waals surface area contributed by atoms with Crippen molar-refractivity contribution < 1.29 is 13.2 Å². The molecule has 0 saturated heterocycles. The van der Waals surface area contributed by atoms with E-state index in [2.05, 4.69) is 14.5 Å². The van der Waals surface area contributed by atoms with Gasteiger partial charge in [-0.2, -0.15) is 23.7 Å². The van der Waals surface area contributed by atoms with Crippen LogP contribution in [0.2, 0.25) is 0 Å². The van der Waals surface area contributed by atoms with E-state index in [9.17, 15) is 29.0 Å². The molecule has 0 aliphatic heterocycles. The molecule has 0 fully saturated rings. The Morgan fingerprint density at radius 3 is 1.84 bits per heavy atom. The molecule has 200 valence electrons. The average molecular weight is 563 g/mol. The number of aryl methyl sites for hydroxylation is 1. The first-order valence-corrected chi connectivity index (χ1v) is 12.4. The van der Waals surface area contributed by atoms with Crippen molar-refractivity contribution in [2.45, 2.75) is 13.1 Å². The van der Waals surface area contributed by atoms with Crippen molar-refractivity contribution in [3.05, 3.63) is 134 Å². The molecule has 6 nitrogen and oxygen atoms in total. The van der Waals surface area contributed by atoms with Crippen LogP contribution in [0.5, 0.6) is 0 Å². The zero-order valence-electron chi connectivity index (χ0n) is 22.1. The third-order valence-corrected chi connectivity index (χ3v) is 7.20. The molecule has 0 amide bonds. The molecule has 43 heavy (non-hydrogen) atoms. The van der Waals surface area contributed by atoms with Gasteiger partial charge in [0.15, 0.2) is 11.4 Å². The average Bonchev–Trinajstić information content (AvgIpc) is 3.31. The number of benzene rings is 4. The molecule has 1 aliphatic carbocycles. The van der Waals surface area contributed by atoms with Gasteiger partial charge in [-0.05, 0) is 81.8 Å². The Balaban J connectivity index is 1.86. The summed E-state index contributed by atoms with van der Waals surface area (Å²) in [7, 11) is 0. The molecule has 9 heteroatoms. The summed E-state index contributed by atoms with van der Waals surface area (Å²) in [6.45, 7) is 24.6. The second kappa shape index (κ2) is 10.4. The second-order valence-corrected chi connectivity index (χ2v) is 9.51. The van der Waals surface area contributed by atoms with E-state index in [-0.39, 0.29) is 33.6 Å². The van der Waals surface area contributed by atoms with Gasteiger partial charge in [-0.25, -0.2) is 19.8 Å². The van der Waals surface area contributed by atoms with Crippen LogP contribution in [0.25, 0.3) is 53.5 Å². The quantitative estimate of drug-likeness (QED) is 0.159. The molecule has 0 spiro atoms. The molecule has 0 bridgehead atoms. The highest BCUT2D eigenvalue weighted by atomic mass is 19.4. The van der Waals surface area contributed by atoms with Crippen molar-refractivity contribution in [2.75, 3.05) is 0 Å². The largest absolute Gasteiger partial charge is 0.417 e. The molecule has 0 atom stereocenters. The summed E-state index contributed by atoms with van der Waals surface area (Å²) in [5.41, 5.74) is 2.77. The highest BCUT2D eigenvalue weighted by Gasteiger charge is 2.35. The number of hydrogen-bond acceptors (Lipinski definition) is 3. The summed E-state index contributed by atoms with van der Waals surface area (Å²) in [4.78, 5) is 10.5. The first kappa shape index (κ1) is 27.9. The van der Waals surface area contributed by atoms with Crippen LogP contribution >= 0.6 is 0 Å². The number of fused-ring (bicyclic) bond motifs is 3. The topological polar surface area (TPSA) is 84.4 Å². The molecular formula is C34H13F3N6. The van der Waals surface area contributed by atoms with Gasteiger partial charge in [0.25, 0.3) is 5.70 Å². The molecule has 5 rings (SSSR count). The van der Waals surface area contributed by atoms with Crippen molar-refractivity contribution in [2.24, 2.45) is 0 Å².